The first-order valence-corrected chi connectivity index (χ1v) is 13.3. The van der Waals surface area contributed by atoms with Crippen molar-refractivity contribution < 1.29 is 9.53 Å². The van der Waals surface area contributed by atoms with Gasteiger partial charge in [0, 0.05) is 13.3 Å². The van der Waals surface area contributed by atoms with Gasteiger partial charge in [0.05, 0.1) is 0 Å². The lowest BCUT2D eigenvalue weighted by Crippen LogP contribution is -2.47. The molecule has 174 valence electrons. The van der Waals surface area contributed by atoms with Gasteiger partial charge in [0.2, 0.25) is 0 Å². The van der Waals surface area contributed by atoms with Crippen LogP contribution in [0, 0.1) is 40.4 Å². The fraction of sp³-hybridized carbons (Fsp3) is 0.828. The maximum Gasteiger partial charge on any atom is 0.307 e. The number of rotatable bonds is 6. The summed E-state index contributed by atoms with van der Waals surface area (Å²) in [5, 5.41) is 0. The maximum atomic E-state index is 12.1. The number of esters is 1. The fourth-order valence-electron chi connectivity index (χ4n) is 8.19. The number of allylic oxidation sites excluding steroid dienone is 4. The van der Waals surface area contributed by atoms with Crippen molar-refractivity contribution in [1.29, 1.82) is 0 Å². The molecule has 0 spiro atoms. The first kappa shape index (κ1) is 23.1. The van der Waals surface area contributed by atoms with Crippen LogP contribution in [-0.4, -0.2) is 5.97 Å². The third-order valence-electron chi connectivity index (χ3n) is 9.97. The van der Waals surface area contributed by atoms with Gasteiger partial charge in [0.15, 0.2) is 0 Å². The van der Waals surface area contributed by atoms with Crippen molar-refractivity contribution in [3.05, 3.63) is 23.0 Å². The number of hydrogen-bond donors (Lipinski definition) is 0. The molecule has 0 heterocycles. The minimum atomic E-state index is -0.134. The van der Waals surface area contributed by atoms with E-state index in [0.717, 1.165) is 29.9 Å². The zero-order valence-electron chi connectivity index (χ0n) is 21.1. The fourth-order valence-corrected chi connectivity index (χ4v) is 8.19. The van der Waals surface area contributed by atoms with Crippen molar-refractivity contribution in [3.8, 4) is 0 Å². The molecule has 0 aliphatic heterocycles. The van der Waals surface area contributed by atoms with E-state index in [1.807, 2.05) is 0 Å². The van der Waals surface area contributed by atoms with Crippen LogP contribution in [0.15, 0.2) is 23.0 Å². The molecule has 2 heteroatoms. The average Bonchev–Trinajstić information content (AvgIpc) is 3.04. The lowest BCUT2D eigenvalue weighted by atomic mass is 9.48. The van der Waals surface area contributed by atoms with Crippen LogP contribution in [0.1, 0.15) is 112 Å². The van der Waals surface area contributed by atoms with Gasteiger partial charge < -0.3 is 4.74 Å². The van der Waals surface area contributed by atoms with E-state index in [0.29, 0.717) is 17.3 Å². The molecule has 2 fully saturated rings. The molecule has 4 aliphatic rings. The smallest absolute Gasteiger partial charge is 0.307 e. The van der Waals surface area contributed by atoms with Crippen LogP contribution in [0.3, 0.4) is 0 Å². The molecule has 2 nitrogen and oxygen atoms in total. The van der Waals surface area contributed by atoms with Gasteiger partial charge in [-0.25, -0.2) is 0 Å². The van der Waals surface area contributed by atoms with Crippen LogP contribution in [0.25, 0.3) is 0 Å². The standard InChI is InChI=1S/C29H46O2/c1-19(2)10-9-11-20(3)23-13-14-24-27-25(15-17-29(23,24)6)28(5)16-8-7-12-22(28)18-26(27)31-21(4)30/h14,19-20,22-23,25H,7-13,15-18H2,1-6H3/t20-,22-,23-,25+,28+,29-/m1/s1. The second-order valence-electron chi connectivity index (χ2n) is 12.4. The molecule has 0 aromatic rings. The molecule has 2 saturated carbocycles. The van der Waals surface area contributed by atoms with Crippen molar-refractivity contribution in [3.63, 3.8) is 0 Å². The first-order valence-electron chi connectivity index (χ1n) is 13.3. The summed E-state index contributed by atoms with van der Waals surface area (Å²) in [4.78, 5) is 12.1. The molecule has 0 amide bonds. The van der Waals surface area contributed by atoms with Crippen LogP contribution in [-0.2, 0) is 9.53 Å². The number of carbonyl (C=O) groups is 1. The second kappa shape index (κ2) is 8.71. The zero-order chi connectivity index (χ0) is 22.4. The predicted molar refractivity (Wildman–Crippen MR) is 128 cm³/mol. The van der Waals surface area contributed by atoms with Crippen molar-refractivity contribution >= 4 is 5.97 Å². The van der Waals surface area contributed by atoms with E-state index in [-0.39, 0.29) is 11.4 Å². The normalized spacial score (nSPS) is 38.3. The van der Waals surface area contributed by atoms with Crippen LogP contribution < -0.4 is 0 Å². The monoisotopic (exact) mass is 426 g/mol. The number of fused-ring (bicyclic) bond motifs is 5. The van der Waals surface area contributed by atoms with Gasteiger partial charge in [0.1, 0.15) is 5.76 Å². The molecular weight excluding hydrogens is 380 g/mol. The molecule has 4 aliphatic carbocycles. The Morgan fingerprint density at radius 3 is 2.61 bits per heavy atom. The predicted octanol–water partition coefficient (Wildman–Crippen LogP) is 8.23. The Bertz CT molecular complexity index is 759. The summed E-state index contributed by atoms with van der Waals surface area (Å²) in [6, 6.07) is 0. The van der Waals surface area contributed by atoms with Crippen LogP contribution >= 0.6 is 0 Å². The van der Waals surface area contributed by atoms with Gasteiger partial charge in [-0.05, 0) is 83.7 Å². The Morgan fingerprint density at radius 2 is 1.90 bits per heavy atom. The van der Waals surface area contributed by atoms with Gasteiger partial charge >= 0.3 is 5.97 Å². The van der Waals surface area contributed by atoms with E-state index >= 15 is 0 Å². The number of hydrogen-bond acceptors (Lipinski definition) is 2. The minimum Gasteiger partial charge on any atom is -0.431 e. The Balaban J connectivity index is 1.64. The molecule has 31 heavy (non-hydrogen) atoms. The topological polar surface area (TPSA) is 26.3 Å². The number of carbonyl (C=O) groups excluding carboxylic acids is 1. The molecular formula is C29H46O2. The van der Waals surface area contributed by atoms with Gasteiger partial charge in [0.25, 0.3) is 0 Å². The van der Waals surface area contributed by atoms with Gasteiger partial charge in [-0.2, -0.15) is 0 Å². The Labute approximate surface area is 191 Å². The second-order valence-corrected chi connectivity index (χ2v) is 12.4. The Kier molecular flexibility index (Phi) is 6.50. The lowest BCUT2D eigenvalue weighted by molar-refractivity contribution is -0.138. The molecule has 0 bridgehead atoms. The largest absolute Gasteiger partial charge is 0.431 e. The molecule has 0 aromatic carbocycles. The van der Waals surface area contributed by atoms with Crippen molar-refractivity contribution in [2.24, 2.45) is 40.4 Å². The SMILES string of the molecule is CC(=O)OC1=C2C3=CC[C@H]([C@H](C)CCCC(C)C)[C@@]3(C)CC[C@@H]2[C@@]2(C)CCCC[C@@H]2C1. The minimum absolute atomic E-state index is 0.134. The highest BCUT2D eigenvalue weighted by Gasteiger charge is 2.56. The van der Waals surface area contributed by atoms with E-state index in [2.05, 4.69) is 40.7 Å². The first-order chi connectivity index (χ1) is 14.7. The lowest BCUT2D eigenvalue weighted by Gasteiger charge is -2.56. The molecule has 0 aromatic heterocycles. The summed E-state index contributed by atoms with van der Waals surface area (Å²) in [6.45, 7) is 13.9. The van der Waals surface area contributed by atoms with E-state index in [4.69, 9.17) is 4.74 Å². The van der Waals surface area contributed by atoms with E-state index in [1.165, 1.54) is 69.8 Å². The summed E-state index contributed by atoms with van der Waals surface area (Å²) >= 11 is 0. The Hall–Kier alpha value is -1.05. The summed E-state index contributed by atoms with van der Waals surface area (Å²) in [5.74, 6) is 4.47. The zero-order valence-corrected chi connectivity index (χ0v) is 21.1. The highest BCUT2D eigenvalue weighted by Crippen LogP contribution is 2.66. The molecule has 0 radical (unpaired) electrons. The van der Waals surface area contributed by atoms with E-state index in [1.54, 1.807) is 12.5 Å². The van der Waals surface area contributed by atoms with Gasteiger partial charge in [-0.15, -0.1) is 0 Å². The summed E-state index contributed by atoms with van der Waals surface area (Å²) in [7, 11) is 0. The van der Waals surface area contributed by atoms with E-state index < -0.39 is 0 Å². The average molecular weight is 427 g/mol. The molecule has 6 atom stereocenters. The van der Waals surface area contributed by atoms with Crippen LogP contribution in [0.2, 0.25) is 0 Å². The maximum absolute atomic E-state index is 12.1. The van der Waals surface area contributed by atoms with Gasteiger partial charge in [-0.3, -0.25) is 4.79 Å². The Morgan fingerprint density at radius 1 is 1.13 bits per heavy atom. The van der Waals surface area contributed by atoms with Crippen molar-refractivity contribution in [2.75, 3.05) is 0 Å². The van der Waals surface area contributed by atoms with Crippen molar-refractivity contribution in [2.45, 2.75) is 112 Å². The van der Waals surface area contributed by atoms with E-state index in [9.17, 15) is 4.79 Å². The highest BCUT2D eigenvalue weighted by molar-refractivity contribution is 5.68. The van der Waals surface area contributed by atoms with Crippen LogP contribution in [0.5, 0.6) is 0 Å². The summed E-state index contributed by atoms with van der Waals surface area (Å²) < 4.78 is 5.99. The quantitative estimate of drug-likeness (QED) is 0.400. The number of ether oxygens (including phenoxy) is 1. The van der Waals surface area contributed by atoms with Crippen molar-refractivity contribution in [1.82, 2.24) is 0 Å². The van der Waals surface area contributed by atoms with Crippen LogP contribution in [0.4, 0.5) is 0 Å². The third-order valence-corrected chi connectivity index (χ3v) is 9.97. The molecule has 4 rings (SSSR count). The molecule has 0 N–H and O–H groups in total. The third kappa shape index (κ3) is 4.06. The highest BCUT2D eigenvalue weighted by atomic mass is 16.5. The molecule has 0 saturated heterocycles. The molecule has 0 unspecified atom stereocenters. The summed E-state index contributed by atoms with van der Waals surface area (Å²) in [6.07, 6.45) is 16.7. The van der Waals surface area contributed by atoms with Gasteiger partial charge in [-0.1, -0.05) is 72.8 Å². The summed E-state index contributed by atoms with van der Waals surface area (Å²) in [5.41, 5.74) is 3.69.